The second-order valence-corrected chi connectivity index (χ2v) is 5.06. The highest BCUT2D eigenvalue weighted by atomic mass is 16.5. The van der Waals surface area contributed by atoms with Crippen LogP contribution >= 0.6 is 0 Å². The topological polar surface area (TPSA) is 9.23 Å². The minimum absolute atomic E-state index is 0.531. The lowest BCUT2D eigenvalue weighted by molar-refractivity contribution is 0.0123. The zero-order valence-electron chi connectivity index (χ0n) is 9.55. The van der Waals surface area contributed by atoms with Crippen LogP contribution in [0.25, 0.3) is 0 Å². The van der Waals surface area contributed by atoms with E-state index in [2.05, 4.69) is 20.8 Å². The zero-order valence-corrected chi connectivity index (χ0v) is 9.55. The average molecular weight is 184 g/mol. The molecule has 1 aliphatic rings. The molecule has 1 fully saturated rings. The van der Waals surface area contributed by atoms with Gasteiger partial charge < -0.3 is 4.74 Å². The van der Waals surface area contributed by atoms with Gasteiger partial charge in [-0.15, -0.1) is 0 Å². The molecule has 78 valence electrons. The molecule has 0 spiro atoms. The van der Waals surface area contributed by atoms with Crippen molar-refractivity contribution in [2.45, 2.75) is 52.6 Å². The van der Waals surface area contributed by atoms with Crippen molar-refractivity contribution < 1.29 is 4.74 Å². The lowest BCUT2D eigenvalue weighted by Gasteiger charge is -2.34. The fourth-order valence-electron chi connectivity index (χ4n) is 2.71. The second-order valence-electron chi connectivity index (χ2n) is 5.06. The maximum Gasteiger partial charge on any atom is 0.0597 e. The van der Waals surface area contributed by atoms with E-state index in [0.717, 1.165) is 17.8 Å². The Morgan fingerprint density at radius 2 is 2.00 bits per heavy atom. The Morgan fingerprint density at radius 1 is 1.31 bits per heavy atom. The summed E-state index contributed by atoms with van der Waals surface area (Å²) in [5, 5.41) is 0. The molecule has 0 aliphatic heterocycles. The Bertz CT molecular complexity index is 142. The van der Waals surface area contributed by atoms with E-state index in [1.807, 2.05) is 7.11 Å². The molecule has 1 saturated carbocycles. The molecule has 0 amide bonds. The van der Waals surface area contributed by atoms with Gasteiger partial charge in [-0.2, -0.15) is 0 Å². The summed E-state index contributed by atoms with van der Waals surface area (Å²) in [5.41, 5.74) is 0. The summed E-state index contributed by atoms with van der Waals surface area (Å²) < 4.78 is 5.46. The molecule has 3 atom stereocenters. The zero-order chi connectivity index (χ0) is 9.84. The maximum absolute atomic E-state index is 5.46. The van der Waals surface area contributed by atoms with Crippen LogP contribution in [-0.2, 0) is 4.74 Å². The molecule has 1 nitrogen and oxygen atoms in total. The van der Waals surface area contributed by atoms with Gasteiger partial charge in [-0.25, -0.2) is 0 Å². The first-order chi connectivity index (χ1) is 6.13. The van der Waals surface area contributed by atoms with E-state index < -0.39 is 0 Å². The number of rotatable bonds is 3. The minimum atomic E-state index is 0.531. The SMILES string of the molecule is COC1CCC(CC(C)C)CC1C. The second kappa shape index (κ2) is 4.99. The standard InChI is InChI=1S/C12H24O/c1-9(2)7-11-5-6-12(13-4)10(3)8-11/h9-12H,5-8H2,1-4H3. The summed E-state index contributed by atoms with van der Waals surface area (Å²) in [6.07, 6.45) is 5.96. The van der Waals surface area contributed by atoms with Crippen LogP contribution in [0.5, 0.6) is 0 Å². The Balaban J connectivity index is 2.32. The summed E-state index contributed by atoms with van der Waals surface area (Å²) in [5.74, 6) is 2.58. The van der Waals surface area contributed by atoms with Crippen LogP contribution in [0.1, 0.15) is 46.5 Å². The van der Waals surface area contributed by atoms with Gasteiger partial charge in [0.15, 0.2) is 0 Å². The van der Waals surface area contributed by atoms with Gasteiger partial charge in [-0.3, -0.25) is 0 Å². The maximum atomic E-state index is 5.46. The lowest BCUT2D eigenvalue weighted by Crippen LogP contribution is -2.29. The third kappa shape index (κ3) is 3.30. The smallest absolute Gasteiger partial charge is 0.0597 e. The Kier molecular flexibility index (Phi) is 4.24. The molecule has 1 aliphatic carbocycles. The highest BCUT2D eigenvalue weighted by Gasteiger charge is 2.27. The van der Waals surface area contributed by atoms with Crippen molar-refractivity contribution in [3.63, 3.8) is 0 Å². The fraction of sp³-hybridized carbons (Fsp3) is 1.00. The van der Waals surface area contributed by atoms with Gasteiger partial charge in [0.25, 0.3) is 0 Å². The predicted octanol–water partition coefficient (Wildman–Crippen LogP) is 3.48. The number of hydrogen-bond donors (Lipinski definition) is 0. The molecule has 3 unspecified atom stereocenters. The molecule has 0 saturated heterocycles. The molecule has 0 N–H and O–H groups in total. The molecule has 0 aromatic rings. The molecular weight excluding hydrogens is 160 g/mol. The van der Waals surface area contributed by atoms with Crippen molar-refractivity contribution in [1.29, 1.82) is 0 Å². The van der Waals surface area contributed by atoms with E-state index >= 15 is 0 Å². The quantitative estimate of drug-likeness (QED) is 0.652. The van der Waals surface area contributed by atoms with Gasteiger partial charge in [0.1, 0.15) is 0 Å². The van der Waals surface area contributed by atoms with Gasteiger partial charge >= 0.3 is 0 Å². The molecular formula is C12H24O. The predicted molar refractivity (Wildman–Crippen MR) is 56.8 cm³/mol. The summed E-state index contributed by atoms with van der Waals surface area (Å²) in [4.78, 5) is 0. The van der Waals surface area contributed by atoms with Crippen molar-refractivity contribution in [2.24, 2.45) is 17.8 Å². The van der Waals surface area contributed by atoms with Crippen LogP contribution in [0, 0.1) is 17.8 Å². The van der Waals surface area contributed by atoms with E-state index in [9.17, 15) is 0 Å². The first-order valence-electron chi connectivity index (χ1n) is 5.66. The van der Waals surface area contributed by atoms with Crippen LogP contribution in [-0.4, -0.2) is 13.2 Å². The van der Waals surface area contributed by atoms with E-state index in [1.54, 1.807) is 0 Å². The van der Waals surface area contributed by atoms with Gasteiger partial charge in [-0.05, 0) is 43.4 Å². The number of hydrogen-bond acceptors (Lipinski definition) is 1. The van der Waals surface area contributed by atoms with Gasteiger partial charge in [0.2, 0.25) is 0 Å². The first-order valence-corrected chi connectivity index (χ1v) is 5.66. The highest BCUT2D eigenvalue weighted by molar-refractivity contribution is 4.78. The molecule has 0 heterocycles. The van der Waals surface area contributed by atoms with Crippen molar-refractivity contribution in [2.75, 3.05) is 7.11 Å². The van der Waals surface area contributed by atoms with E-state index in [1.165, 1.54) is 25.7 Å². The summed E-state index contributed by atoms with van der Waals surface area (Å²) in [7, 11) is 1.85. The molecule has 13 heavy (non-hydrogen) atoms. The summed E-state index contributed by atoms with van der Waals surface area (Å²) in [6, 6.07) is 0. The molecule has 0 aromatic carbocycles. The fourth-order valence-corrected chi connectivity index (χ4v) is 2.71. The van der Waals surface area contributed by atoms with E-state index in [-0.39, 0.29) is 0 Å². The summed E-state index contributed by atoms with van der Waals surface area (Å²) in [6.45, 7) is 6.99. The third-order valence-corrected chi connectivity index (χ3v) is 3.31. The summed E-state index contributed by atoms with van der Waals surface area (Å²) >= 11 is 0. The van der Waals surface area contributed by atoms with Crippen LogP contribution in [0.2, 0.25) is 0 Å². The lowest BCUT2D eigenvalue weighted by atomic mass is 9.77. The molecule has 0 radical (unpaired) electrons. The van der Waals surface area contributed by atoms with Crippen LogP contribution in [0.4, 0.5) is 0 Å². The van der Waals surface area contributed by atoms with Crippen molar-refractivity contribution >= 4 is 0 Å². The largest absolute Gasteiger partial charge is 0.381 e. The average Bonchev–Trinajstić information content (AvgIpc) is 2.03. The van der Waals surface area contributed by atoms with E-state index in [4.69, 9.17) is 4.74 Å². The Hall–Kier alpha value is -0.0400. The van der Waals surface area contributed by atoms with E-state index in [0.29, 0.717) is 6.10 Å². The van der Waals surface area contributed by atoms with Gasteiger partial charge in [0.05, 0.1) is 6.10 Å². The minimum Gasteiger partial charge on any atom is -0.381 e. The van der Waals surface area contributed by atoms with Crippen LogP contribution in [0.3, 0.4) is 0 Å². The Labute approximate surface area is 82.9 Å². The van der Waals surface area contributed by atoms with Gasteiger partial charge in [-0.1, -0.05) is 20.8 Å². The normalized spacial score (nSPS) is 35.3. The monoisotopic (exact) mass is 184 g/mol. The molecule has 0 bridgehead atoms. The van der Waals surface area contributed by atoms with Crippen LogP contribution < -0.4 is 0 Å². The van der Waals surface area contributed by atoms with Crippen molar-refractivity contribution in [1.82, 2.24) is 0 Å². The number of ether oxygens (including phenoxy) is 1. The third-order valence-electron chi connectivity index (χ3n) is 3.31. The van der Waals surface area contributed by atoms with Crippen molar-refractivity contribution in [3.8, 4) is 0 Å². The highest BCUT2D eigenvalue weighted by Crippen LogP contribution is 2.34. The van der Waals surface area contributed by atoms with Gasteiger partial charge in [0, 0.05) is 7.11 Å². The molecule has 1 heteroatoms. The molecule has 0 aromatic heterocycles. The van der Waals surface area contributed by atoms with Crippen molar-refractivity contribution in [3.05, 3.63) is 0 Å². The number of methoxy groups -OCH3 is 1. The van der Waals surface area contributed by atoms with Crippen LogP contribution in [0.15, 0.2) is 0 Å². The molecule has 1 rings (SSSR count). The Morgan fingerprint density at radius 3 is 2.46 bits per heavy atom. The first kappa shape index (κ1) is 11.0.